The average Bonchev–Trinajstić information content (AvgIpc) is 3.38. The van der Waals surface area contributed by atoms with Crippen LogP contribution in [0.2, 0.25) is 0 Å². The molecule has 1 fully saturated rings. The molecule has 2 aromatic heterocycles. The molecular weight excluding hydrogens is 379 g/mol. The second kappa shape index (κ2) is 7.66. The van der Waals surface area contributed by atoms with Crippen LogP contribution in [0, 0.1) is 5.82 Å². The van der Waals surface area contributed by atoms with E-state index in [0.29, 0.717) is 22.6 Å². The molecular formula is C19H17FN6O3. The molecule has 29 heavy (non-hydrogen) atoms. The quantitative estimate of drug-likeness (QED) is 0.710. The smallest absolute Gasteiger partial charge is 0.416 e. The van der Waals surface area contributed by atoms with Gasteiger partial charge >= 0.3 is 6.09 Å². The number of pyridine rings is 1. The largest absolute Gasteiger partial charge is 0.423 e. The molecule has 1 aliphatic rings. The number of cyclic esters (lactones) is 1. The van der Waals surface area contributed by atoms with Crippen molar-refractivity contribution >= 4 is 17.7 Å². The third kappa shape index (κ3) is 3.77. The Morgan fingerprint density at radius 3 is 2.72 bits per heavy atom. The Bertz CT molecular complexity index is 1040. The summed E-state index contributed by atoms with van der Waals surface area (Å²) in [4.78, 5) is 30.4. The van der Waals surface area contributed by atoms with Gasteiger partial charge in [0.1, 0.15) is 5.82 Å². The van der Waals surface area contributed by atoms with E-state index in [9.17, 15) is 14.0 Å². The normalized spacial score (nSPS) is 16.0. The van der Waals surface area contributed by atoms with Crippen LogP contribution in [-0.2, 0) is 9.53 Å². The fourth-order valence-electron chi connectivity index (χ4n) is 2.93. The maximum absolute atomic E-state index is 14.7. The summed E-state index contributed by atoms with van der Waals surface area (Å²) in [6.45, 7) is 1.81. The van der Waals surface area contributed by atoms with Crippen LogP contribution in [0.1, 0.15) is 13.3 Å². The van der Waals surface area contributed by atoms with E-state index in [-0.39, 0.29) is 18.9 Å². The molecule has 0 bridgehead atoms. The van der Waals surface area contributed by atoms with Gasteiger partial charge in [0, 0.05) is 23.7 Å². The van der Waals surface area contributed by atoms with Crippen molar-refractivity contribution in [2.45, 2.75) is 19.6 Å². The predicted molar refractivity (Wildman–Crippen MR) is 101 cm³/mol. The second-order valence-electron chi connectivity index (χ2n) is 6.29. The highest BCUT2D eigenvalue weighted by atomic mass is 19.1. The predicted octanol–water partition coefficient (Wildman–Crippen LogP) is 2.28. The zero-order valence-electron chi connectivity index (χ0n) is 15.4. The van der Waals surface area contributed by atoms with Crippen molar-refractivity contribution in [1.82, 2.24) is 25.3 Å². The number of ether oxygens (including phenoxy) is 1. The highest BCUT2D eigenvalue weighted by molar-refractivity contribution is 5.90. The van der Waals surface area contributed by atoms with Gasteiger partial charge in [0.2, 0.25) is 5.91 Å². The maximum Gasteiger partial charge on any atom is 0.416 e. The van der Waals surface area contributed by atoms with Crippen molar-refractivity contribution in [3.63, 3.8) is 0 Å². The minimum atomic E-state index is -0.759. The maximum atomic E-state index is 14.7. The van der Waals surface area contributed by atoms with Crippen LogP contribution >= 0.6 is 0 Å². The first-order valence-corrected chi connectivity index (χ1v) is 8.95. The van der Waals surface area contributed by atoms with E-state index < -0.39 is 18.1 Å². The number of hydrogen-bond acceptors (Lipinski definition) is 6. The van der Waals surface area contributed by atoms with Crippen molar-refractivity contribution in [2.75, 3.05) is 11.4 Å². The van der Waals surface area contributed by atoms with E-state index in [1.165, 1.54) is 34.4 Å². The van der Waals surface area contributed by atoms with Gasteiger partial charge in [0.25, 0.3) is 0 Å². The van der Waals surface area contributed by atoms with E-state index in [0.717, 1.165) is 0 Å². The number of rotatable bonds is 5. The molecule has 1 aliphatic heterocycles. The number of carbonyl (C=O) groups is 2. The Morgan fingerprint density at radius 1 is 1.28 bits per heavy atom. The number of halogens is 1. The molecule has 1 atom stereocenters. The summed E-state index contributed by atoms with van der Waals surface area (Å²) in [6, 6.07) is 7.83. The molecule has 148 valence electrons. The number of nitrogens with one attached hydrogen (secondary N) is 1. The molecule has 0 saturated carbocycles. The van der Waals surface area contributed by atoms with Crippen molar-refractivity contribution < 1.29 is 18.7 Å². The van der Waals surface area contributed by atoms with E-state index in [1.807, 2.05) is 0 Å². The zero-order valence-corrected chi connectivity index (χ0v) is 15.4. The van der Waals surface area contributed by atoms with Gasteiger partial charge in [0.05, 0.1) is 24.6 Å². The summed E-state index contributed by atoms with van der Waals surface area (Å²) in [5.41, 5.74) is 1.25. The lowest BCUT2D eigenvalue weighted by molar-refractivity contribution is -0.123. The zero-order chi connectivity index (χ0) is 20.4. The highest BCUT2D eigenvalue weighted by Gasteiger charge is 2.33. The van der Waals surface area contributed by atoms with Gasteiger partial charge in [-0.15, -0.1) is 4.80 Å². The fourth-order valence-corrected chi connectivity index (χ4v) is 2.93. The molecule has 0 spiro atoms. The summed E-state index contributed by atoms with van der Waals surface area (Å²) >= 11 is 0. The molecule has 1 N–H and O–H groups in total. The second-order valence-corrected chi connectivity index (χ2v) is 6.29. The average molecular weight is 396 g/mol. The molecule has 0 aliphatic carbocycles. The molecule has 1 aromatic carbocycles. The van der Waals surface area contributed by atoms with Crippen molar-refractivity contribution in [3.8, 4) is 16.9 Å². The first-order chi connectivity index (χ1) is 14.0. The number of nitrogens with zero attached hydrogens (tertiary/aromatic N) is 5. The van der Waals surface area contributed by atoms with Gasteiger partial charge in [0.15, 0.2) is 12.0 Å². The molecule has 0 radical (unpaired) electrons. The van der Waals surface area contributed by atoms with Crippen LogP contribution in [-0.4, -0.2) is 44.8 Å². The number of carbonyl (C=O) groups excluding carboxylic acids is 2. The van der Waals surface area contributed by atoms with E-state index in [1.54, 1.807) is 31.2 Å². The molecule has 3 heterocycles. The number of benzene rings is 1. The van der Waals surface area contributed by atoms with Crippen molar-refractivity contribution in [3.05, 3.63) is 54.7 Å². The Labute approximate surface area is 165 Å². The van der Waals surface area contributed by atoms with Crippen LogP contribution in [0.4, 0.5) is 14.9 Å². The van der Waals surface area contributed by atoms with Crippen LogP contribution in [0.15, 0.2) is 48.9 Å². The fraction of sp³-hybridized carbons (Fsp3) is 0.211. The number of anilines is 1. The summed E-state index contributed by atoms with van der Waals surface area (Å²) in [7, 11) is 0. The van der Waals surface area contributed by atoms with Crippen LogP contribution in [0.3, 0.4) is 0 Å². The third-order valence-electron chi connectivity index (χ3n) is 4.40. The van der Waals surface area contributed by atoms with E-state index >= 15 is 0 Å². The Kier molecular flexibility index (Phi) is 4.90. The topological polar surface area (TPSA) is 102 Å². The lowest BCUT2D eigenvalue weighted by Crippen LogP contribution is -2.37. The van der Waals surface area contributed by atoms with Gasteiger partial charge < -0.3 is 10.1 Å². The Balaban J connectivity index is 1.52. The van der Waals surface area contributed by atoms with Gasteiger partial charge in [-0.05, 0) is 30.3 Å². The van der Waals surface area contributed by atoms with Crippen LogP contribution in [0.5, 0.6) is 0 Å². The van der Waals surface area contributed by atoms with Crippen molar-refractivity contribution in [1.29, 1.82) is 0 Å². The van der Waals surface area contributed by atoms with Gasteiger partial charge in [-0.1, -0.05) is 6.92 Å². The molecule has 10 heteroatoms. The minimum Gasteiger partial charge on any atom is -0.423 e. The number of amides is 2. The monoisotopic (exact) mass is 396 g/mol. The van der Waals surface area contributed by atoms with Gasteiger partial charge in [-0.25, -0.2) is 14.2 Å². The SMILES string of the molecule is CCC(=O)N[C@@H]1CN(c2ccc(-c3ccc(-n4nccn4)nc3)c(F)c2)C(=O)O1. The third-order valence-corrected chi connectivity index (χ3v) is 4.40. The minimum absolute atomic E-state index is 0.108. The van der Waals surface area contributed by atoms with Gasteiger partial charge in [-0.3, -0.25) is 9.69 Å². The van der Waals surface area contributed by atoms with Crippen molar-refractivity contribution in [2.24, 2.45) is 0 Å². The first kappa shape index (κ1) is 18.5. The molecule has 3 aromatic rings. The standard InChI is InChI=1S/C19H17FN6O3/c1-2-17(27)24-18-11-25(19(28)29-18)13-4-5-14(15(20)9-13)12-3-6-16(21-10-12)26-22-7-8-23-26/h3-10,18H,2,11H2,1H3,(H,24,27)/t18-/m0/s1. The lowest BCUT2D eigenvalue weighted by Gasteiger charge is -2.14. The molecule has 1 saturated heterocycles. The number of hydrogen-bond donors (Lipinski definition) is 1. The summed E-state index contributed by atoms with van der Waals surface area (Å²) in [5, 5.41) is 10.6. The summed E-state index contributed by atoms with van der Waals surface area (Å²) < 4.78 is 19.9. The van der Waals surface area contributed by atoms with E-state index in [2.05, 4.69) is 20.5 Å². The van der Waals surface area contributed by atoms with E-state index in [4.69, 9.17) is 4.74 Å². The molecule has 0 unspecified atom stereocenters. The van der Waals surface area contributed by atoms with Crippen LogP contribution < -0.4 is 10.2 Å². The van der Waals surface area contributed by atoms with Crippen LogP contribution in [0.25, 0.3) is 16.9 Å². The first-order valence-electron chi connectivity index (χ1n) is 8.95. The molecule has 9 nitrogen and oxygen atoms in total. The Morgan fingerprint density at radius 2 is 2.07 bits per heavy atom. The summed E-state index contributed by atoms with van der Waals surface area (Å²) in [5.74, 6) is -0.230. The summed E-state index contributed by atoms with van der Waals surface area (Å²) in [6.07, 6.45) is 3.48. The molecule has 4 rings (SSSR count). The highest BCUT2D eigenvalue weighted by Crippen LogP contribution is 2.28. The Hall–Kier alpha value is -3.82. The number of aromatic nitrogens is 4. The van der Waals surface area contributed by atoms with Gasteiger partial charge in [-0.2, -0.15) is 10.2 Å². The molecule has 2 amide bonds. The lowest BCUT2D eigenvalue weighted by atomic mass is 10.1.